The van der Waals surface area contributed by atoms with E-state index in [4.69, 9.17) is 20.9 Å². The van der Waals surface area contributed by atoms with Gasteiger partial charge in [-0.25, -0.2) is 0 Å². The fraction of sp³-hybridized carbons (Fsp3) is 0.273. The Kier molecular flexibility index (Phi) is 6.73. The fourth-order valence-electron chi connectivity index (χ4n) is 3.37. The third kappa shape index (κ3) is 5.30. The van der Waals surface area contributed by atoms with Crippen LogP contribution in [0.2, 0.25) is 5.02 Å². The van der Waals surface area contributed by atoms with Crippen LogP contribution >= 0.6 is 11.6 Å². The predicted molar refractivity (Wildman–Crippen MR) is 116 cm³/mol. The van der Waals surface area contributed by atoms with Crippen LogP contribution < -0.4 is 4.74 Å². The van der Waals surface area contributed by atoms with E-state index in [0.29, 0.717) is 37.1 Å². The van der Waals surface area contributed by atoms with Crippen molar-refractivity contribution < 1.29 is 32.0 Å². The average Bonchev–Trinajstić information content (AvgIpc) is 3.42. The van der Waals surface area contributed by atoms with Gasteiger partial charge in [0, 0.05) is 29.5 Å². The number of benzene rings is 2. The Morgan fingerprint density at radius 3 is 2.79 bits per heavy atom. The number of carbonyl (C=O) groups excluding carboxylic acids is 1. The van der Waals surface area contributed by atoms with E-state index in [-0.39, 0.29) is 22.7 Å². The molecule has 0 N–H and O–H groups in total. The summed E-state index contributed by atoms with van der Waals surface area (Å²) in [6, 6.07) is 9.17. The maximum Gasteiger partial charge on any atom is 0.573 e. The van der Waals surface area contributed by atoms with Crippen LogP contribution in [-0.2, 0) is 16.1 Å². The lowest BCUT2D eigenvalue weighted by Crippen LogP contribution is -2.17. The Labute approximate surface area is 196 Å². The van der Waals surface area contributed by atoms with E-state index in [2.05, 4.69) is 20.0 Å². The van der Waals surface area contributed by atoms with Crippen molar-refractivity contribution in [3.63, 3.8) is 0 Å². The highest BCUT2D eigenvalue weighted by Crippen LogP contribution is 2.34. The molecule has 0 spiro atoms. The highest BCUT2D eigenvalue weighted by molar-refractivity contribution is 6.32. The molecule has 0 aliphatic rings. The van der Waals surface area contributed by atoms with E-state index >= 15 is 0 Å². The quantitative estimate of drug-likeness (QED) is 0.292. The molecule has 12 heteroatoms. The molecule has 0 aliphatic heterocycles. The highest BCUT2D eigenvalue weighted by atomic mass is 35.5. The number of alkyl halides is 3. The van der Waals surface area contributed by atoms with Crippen LogP contribution in [0.15, 0.2) is 47.1 Å². The van der Waals surface area contributed by atoms with Gasteiger partial charge >= 0.3 is 12.3 Å². The molecule has 0 bridgehead atoms. The van der Waals surface area contributed by atoms with Gasteiger partial charge < -0.3 is 14.0 Å². The summed E-state index contributed by atoms with van der Waals surface area (Å²) >= 11 is 5.91. The van der Waals surface area contributed by atoms with Crippen molar-refractivity contribution in [2.45, 2.75) is 32.7 Å². The minimum absolute atomic E-state index is 0.0780. The monoisotopic (exact) mass is 494 g/mol. The van der Waals surface area contributed by atoms with Crippen LogP contribution in [0.4, 0.5) is 13.2 Å². The first-order valence-electron chi connectivity index (χ1n) is 10.2. The molecular formula is C22H18ClF3N4O4. The molecule has 0 fully saturated rings. The number of carbonyl (C=O) groups is 1. The second-order valence-corrected chi connectivity index (χ2v) is 7.54. The maximum absolute atomic E-state index is 12.5. The van der Waals surface area contributed by atoms with Crippen molar-refractivity contribution in [3.8, 4) is 28.6 Å². The minimum atomic E-state index is -4.86. The number of hydrogen-bond donors (Lipinski definition) is 0. The fourth-order valence-corrected chi connectivity index (χ4v) is 3.59. The Morgan fingerprint density at radius 2 is 2.06 bits per heavy atom. The van der Waals surface area contributed by atoms with E-state index in [9.17, 15) is 18.0 Å². The first-order chi connectivity index (χ1) is 16.2. The van der Waals surface area contributed by atoms with Crippen molar-refractivity contribution in [2.24, 2.45) is 0 Å². The number of aryl methyl sites for hydroxylation is 1. The number of hydrogen-bond acceptors (Lipinski definition) is 7. The molecule has 2 aromatic carbocycles. The molecule has 8 nitrogen and oxygen atoms in total. The molecule has 0 saturated heterocycles. The van der Waals surface area contributed by atoms with Crippen molar-refractivity contribution >= 4 is 28.5 Å². The summed E-state index contributed by atoms with van der Waals surface area (Å²) in [5.41, 5.74) is 1.82. The Hall–Kier alpha value is -3.60. The average molecular weight is 495 g/mol. The zero-order valence-corrected chi connectivity index (χ0v) is 18.6. The maximum atomic E-state index is 12.5. The third-order valence-corrected chi connectivity index (χ3v) is 5.11. The van der Waals surface area contributed by atoms with Crippen LogP contribution in [-0.4, -0.2) is 38.9 Å². The molecule has 2 heterocycles. The van der Waals surface area contributed by atoms with E-state index in [1.54, 1.807) is 23.9 Å². The number of rotatable bonds is 8. The molecule has 34 heavy (non-hydrogen) atoms. The van der Waals surface area contributed by atoms with E-state index in [0.717, 1.165) is 17.0 Å². The van der Waals surface area contributed by atoms with Gasteiger partial charge in [-0.05, 0) is 37.6 Å². The molecule has 0 radical (unpaired) electrons. The molecule has 178 valence electrons. The number of nitrogens with zero attached hydrogens (tertiary/aromatic N) is 4. The summed E-state index contributed by atoms with van der Waals surface area (Å²) in [6.45, 7) is 2.63. The normalized spacial score (nSPS) is 11.7. The van der Waals surface area contributed by atoms with Crippen LogP contribution in [0.3, 0.4) is 0 Å². The predicted octanol–water partition coefficient (Wildman–Crippen LogP) is 5.65. The van der Waals surface area contributed by atoms with Crippen molar-refractivity contribution in [3.05, 3.63) is 47.6 Å². The molecule has 0 amide bonds. The molecule has 0 atom stereocenters. The van der Waals surface area contributed by atoms with Gasteiger partial charge in [-0.1, -0.05) is 28.9 Å². The molecule has 0 saturated carbocycles. The summed E-state index contributed by atoms with van der Waals surface area (Å²) in [7, 11) is 0. The van der Waals surface area contributed by atoms with Crippen LogP contribution in [0.25, 0.3) is 33.7 Å². The molecule has 4 rings (SSSR count). The van der Waals surface area contributed by atoms with Crippen LogP contribution in [0, 0.1) is 0 Å². The summed E-state index contributed by atoms with van der Waals surface area (Å²) in [4.78, 5) is 15.9. The molecular weight excluding hydrogens is 477 g/mol. The van der Waals surface area contributed by atoms with Crippen molar-refractivity contribution in [1.82, 2.24) is 19.9 Å². The van der Waals surface area contributed by atoms with E-state index in [1.807, 2.05) is 12.1 Å². The van der Waals surface area contributed by atoms with Gasteiger partial charge in [0.05, 0.1) is 23.3 Å². The number of halogens is 4. The standard InChI is InChI=1S/C22H18ClF3N4O4/c1-2-32-19(31)7-4-10-30-17-6-3-5-14(15(17)12-27-30)20-28-21(34-29-20)13-8-9-18(16(23)11-13)33-22(24,25)26/h3,5-6,8-9,11-12H,2,4,7,10H2,1H3. The summed E-state index contributed by atoms with van der Waals surface area (Å²) in [5, 5.41) is 8.92. The second kappa shape index (κ2) is 9.72. The van der Waals surface area contributed by atoms with Crippen molar-refractivity contribution in [1.29, 1.82) is 0 Å². The Morgan fingerprint density at radius 1 is 1.24 bits per heavy atom. The molecule has 2 aromatic heterocycles. The van der Waals surface area contributed by atoms with Gasteiger partial charge in [0.1, 0.15) is 5.75 Å². The topological polar surface area (TPSA) is 92.3 Å². The zero-order chi connectivity index (χ0) is 24.3. The van der Waals surface area contributed by atoms with Gasteiger partial charge in [0.2, 0.25) is 5.82 Å². The molecule has 0 unspecified atom stereocenters. The first kappa shape index (κ1) is 23.6. The van der Waals surface area contributed by atoms with Crippen LogP contribution in [0.5, 0.6) is 5.75 Å². The molecule has 0 aliphatic carbocycles. The SMILES string of the molecule is CCOC(=O)CCCn1ncc2c(-c3noc(-c4ccc(OC(F)(F)F)c(Cl)c4)n3)cccc21. The number of aromatic nitrogens is 4. The van der Waals surface area contributed by atoms with E-state index in [1.165, 1.54) is 12.1 Å². The van der Waals surface area contributed by atoms with Gasteiger partial charge in [-0.15, -0.1) is 13.2 Å². The van der Waals surface area contributed by atoms with Gasteiger partial charge in [-0.3, -0.25) is 9.48 Å². The molecule has 4 aromatic rings. The smallest absolute Gasteiger partial charge is 0.466 e. The number of fused-ring (bicyclic) bond motifs is 1. The first-order valence-corrected chi connectivity index (χ1v) is 10.6. The lowest BCUT2D eigenvalue weighted by Gasteiger charge is -2.10. The summed E-state index contributed by atoms with van der Waals surface area (Å²) in [6.07, 6.45) is -2.32. The Balaban J connectivity index is 1.55. The zero-order valence-electron chi connectivity index (χ0n) is 17.8. The number of esters is 1. The van der Waals surface area contributed by atoms with Crippen LogP contribution in [0.1, 0.15) is 19.8 Å². The lowest BCUT2D eigenvalue weighted by atomic mass is 10.1. The largest absolute Gasteiger partial charge is 0.573 e. The van der Waals surface area contributed by atoms with E-state index < -0.39 is 12.1 Å². The third-order valence-electron chi connectivity index (χ3n) is 4.81. The van der Waals surface area contributed by atoms with Gasteiger partial charge in [-0.2, -0.15) is 10.1 Å². The summed E-state index contributed by atoms with van der Waals surface area (Å²) < 4.78 is 53.2. The van der Waals surface area contributed by atoms with Crippen molar-refractivity contribution in [2.75, 3.05) is 6.61 Å². The highest BCUT2D eigenvalue weighted by Gasteiger charge is 2.32. The number of ether oxygens (including phenoxy) is 2. The van der Waals surface area contributed by atoms with Gasteiger partial charge in [0.25, 0.3) is 5.89 Å². The Bertz CT molecular complexity index is 1320. The lowest BCUT2D eigenvalue weighted by molar-refractivity contribution is -0.274. The second-order valence-electron chi connectivity index (χ2n) is 7.13. The minimum Gasteiger partial charge on any atom is -0.466 e. The van der Waals surface area contributed by atoms with Gasteiger partial charge in [0.15, 0.2) is 0 Å². The summed E-state index contributed by atoms with van der Waals surface area (Å²) in [5.74, 6) is -0.428.